The van der Waals surface area contributed by atoms with Crippen molar-refractivity contribution < 1.29 is 19.1 Å². The van der Waals surface area contributed by atoms with Crippen molar-refractivity contribution in [1.82, 2.24) is 0 Å². The molecule has 4 saturated carbocycles. The predicted octanol–water partition coefficient (Wildman–Crippen LogP) is 4.61. The van der Waals surface area contributed by atoms with Crippen molar-refractivity contribution in [1.29, 1.82) is 0 Å². The zero-order valence-electron chi connectivity index (χ0n) is 16.6. The first-order chi connectivity index (χ1) is 13.3. The van der Waals surface area contributed by atoms with E-state index in [1.165, 1.54) is 39.2 Å². The highest BCUT2D eigenvalue weighted by Gasteiger charge is 2.57. The molecule has 5 nitrogen and oxygen atoms in total. The summed E-state index contributed by atoms with van der Waals surface area (Å²) in [5.74, 6) is 1.82. The van der Waals surface area contributed by atoms with E-state index in [1.807, 2.05) is 19.1 Å². The Labute approximate surface area is 174 Å². The van der Waals surface area contributed by atoms with Crippen molar-refractivity contribution in [2.24, 2.45) is 17.3 Å². The fourth-order valence-corrected chi connectivity index (χ4v) is 7.66. The summed E-state index contributed by atoms with van der Waals surface area (Å²) < 4.78 is 10.3. The Bertz CT molecular complexity index is 779. The Morgan fingerprint density at radius 1 is 1.21 bits per heavy atom. The lowest BCUT2D eigenvalue weighted by Crippen LogP contribution is -2.53. The van der Waals surface area contributed by atoms with Crippen molar-refractivity contribution in [3.05, 3.63) is 23.8 Å². The summed E-state index contributed by atoms with van der Waals surface area (Å²) in [6, 6.07) is 5.44. The van der Waals surface area contributed by atoms with Gasteiger partial charge in [0.15, 0.2) is 6.61 Å². The Morgan fingerprint density at radius 2 is 1.93 bits per heavy atom. The number of rotatable bonds is 6. The SMILES string of the molecule is COC(=O)COc1ccc(NC(=O)CC23CC4CC(CC(Br)(C4)C2)C3)c(C)c1. The van der Waals surface area contributed by atoms with Crippen LogP contribution in [0.2, 0.25) is 0 Å². The molecule has 1 N–H and O–H groups in total. The number of hydrogen-bond acceptors (Lipinski definition) is 4. The molecule has 5 rings (SSSR count). The van der Waals surface area contributed by atoms with Gasteiger partial charge in [-0.25, -0.2) is 4.79 Å². The highest BCUT2D eigenvalue weighted by molar-refractivity contribution is 9.10. The highest BCUT2D eigenvalue weighted by atomic mass is 79.9. The maximum absolute atomic E-state index is 12.9. The third kappa shape index (κ3) is 4.07. The quantitative estimate of drug-likeness (QED) is 0.508. The number of halogens is 1. The van der Waals surface area contributed by atoms with Gasteiger partial charge in [0.25, 0.3) is 0 Å². The standard InChI is InChI=1S/C22H28BrNO4/c1-14-5-17(28-12-20(26)27-2)3-4-18(14)24-19(25)11-21-7-15-6-16(8-21)10-22(23,9-15)13-21/h3-5,15-16H,6-13H2,1-2H3,(H,24,25). The van der Waals surface area contributed by atoms with E-state index in [4.69, 9.17) is 4.74 Å². The van der Waals surface area contributed by atoms with E-state index >= 15 is 0 Å². The third-order valence-electron chi connectivity index (χ3n) is 6.70. The van der Waals surface area contributed by atoms with Crippen molar-refractivity contribution in [2.75, 3.05) is 19.0 Å². The number of alkyl halides is 1. The summed E-state index contributed by atoms with van der Waals surface area (Å²) in [6.45, 7) is 1.81. The van der Waals surface area contributed by atoms with E-state index in [1.54, 1.807) is 6.07 Å². The van der Waals surface area contributed by atoms with Gasteiger partial charge in [0.1, 0.15) is 5.75 Å². The van der Waals surface area contributed by atoms with Gasteiger partial charge in [0, 0.05) is 16.4 Å². The molecule has 6 heteroatoms. The fourth-order valence-electron chi connectivity index (χ4n) is 6.15. The lowest BCUT2D eigenvalue weighted by molar-refractivity contribution is -0.142. The number of hydrogen-bond donors (Lipinski definition) is 1. The number of nitrogens with one attached hydrogen (secondary N) is 1. The van der Waals surface area contributed by atoms with Gasteiger partial charge in [0.05, 0.1) is 7.11 Å². The van der Waals surface area contributed by atoms with E-state index in [-0.39, 0.29) is 22.3 Å². The van der Waals surface area contributed by atoms with Gasteiger partial charge in [-0.1, -0.05) is 15.9 Å². The Kier molecular flexibility index (Phi) is 5.19. The van der Waals surface area contributed by atoms with Crippen LogP contribution < -0.4 is 10.1 Å². The highest BCUT2D eigenvalue weighted by Crippen LogP contribution is 2.65. The number of carbonyl (C=O) groups is 2. The summed E-state index contributed by atoms with van der Waals surface area (Å²) in [7, 11) is 1.33. The summed E-state index contributed by atoms with van der Waals surface area (Å²) in [4.78, 5) is 24.1. The molecular formula is C22H28BrNO4. The molecule has 4 aliphatic carbocycles. The molecule has 0 saturated heterocycles. The smallest absolute Gasteiger partial charge is 0.343 e. The number of benzene rings is 1. The number of aryl methyl sites for hydroxylation is 1. The number of amides is 1. The fraction of sp³-hybridized carbons (Fsp3) is 0.636. The first-order valence-corrected chi connectivity index (χ1v) is 10.9. The molecule has 0 radical (unpaired) electrons. The van der Waals surface area contributed by atoms with Crippen LogP contribution in [0.1, 0.15) is 50.5 Å². The first kappa shape index (κ1) is 19.7. The molecule has 1 aromatic carbocycles. The number of anilines is 1. The minimum Gasteiger partial charge on any atom is -0.482 e. The molecule has 0 heterocycles. The molecule has 1 aromatic rings. The van der Waals surface area contributed by atoms with E-state index in [0.29, 0.717) is 12.2 Å². The van der Waals surface area contributed by atoms with E-state index in [9.17, 15) is 9.59 Å². The van der Waals surface area contributed by atoms with Crippen LogP contribution >= 0.6 is 15.9 Å². The maximum Gasteiger partial charge on any atom is 0.343 e. The second kappa shape index (κ2) is 7.36. The zero-order valence-corrected chi connectivity index (χ0v) is 18.1. The first-order valence-electron chi connectivity index (χ1n) is 10.1. The zero-order chi connectivity index (χ0) is 19.9. The monoisotopic (exact) mass is 449 g/mol. The van der Waals surface area contributed by atoms with Crippen LogP contribution in [-0.4, -0.2) is 29.9 Å². The molecule has 152 valence electrons. The van der Waals surface area contributed by atoms with E-state index in [2.05, 4.69) is 26.0 Å². The normalized spacial score (nSPS) is 32.8. The molecule has 4 aliphatic rings. The number of methoxy groups -OCH3 is 1. The second-order valence-electron chi connectivity index (χ2n) is 9.18. The lowest BCUT2D eigenvalue weighted by Gasteiger charge is -2.60. The minimum atomic E-state index is -0.421. The van der Waals surface area contributed by atoms with Crippen LogP contribution in [-0.2, 0) is 14.3 Å². The van der Waals surface area contributed by atoms with Crippen LogP contribution in [0.25, 0.3) is 0 Å². The molecule has 0 aromatic heterocycles. The van der Waals surface area contributed by atoms with Crippen LogP contribution in [0.15, 0.2) is 18.2 Å². The average molecular weight is 450 g/mol. The maximum atomic E-state index is 12.9. The van der Waals surface area contributed by atoms with Crippen molar-refractivity contribution in [3.63, 3.8) is 0 Å². The predicted molar refractivity (Wildman–Crippen MR) is 111 cm³/mol. The van der Waals surface area contributed by atoms with E-state index < -0.39 is 5.97 Å². The topological polar surface area (TPSA) is 64.6 Å². The Morgan fingerprint density at radius 3 is 2.54 bits per heavy atom. The van der Waals surface area contributed by atoms with Gasteiger partial charge in [-0.3, -0.25) is 4.79 Å². The molecule has 2 atom stereocenters. The van der Waals surface area contributed by atoms with Crippen LogP contribution in [0, 0.1) is 24.2 Å². The molecule has 2 unspecified atom stereocenters. The van der Waals surface area contributed by atoms with E-state index in [0.717, 1.165) is 29.5 Å². The summed E-state index contributed by atoms with van der Waals surface area (Å²) in [6.07, 6.45) is 8.03. The Hall–Kier alpha value is -1.56. The second-order valence-corrected chi connectivity index (χ2v) is 10.9. The van der Waals surface area contributed by atoms with Gasteiger partial charge in [-0.05, 0) is 86.5 Å². The summed E-state index contributed by atoms with van der Waals surface area (Å²) in [5.41, 5.74) is 1.88. The summed E-state index contributed by atoms with van der Waals surface area (Å²) >= 11 is 4.02. The third-order valence-corrected chi connectivity index (χ3v) is 7.63. The molecule has 28 heavy (non-hydrogen) atoms. The van der Waals surface area contributed by atoms with Crippen molar-refractivity contribution in [3.8, 4) is 5.75 Å². The molecule has 1 amide bonds. The average Bonchev–Trinajstić information content (AvgIpc) is 2.59. The van der Waals surface area contributed by atoms with Gasteiger partial charge in [-0.2, -0.15) is 0 Å². The molecule has 0 aliphatic heterocycles. The molecule has 0 spiro atoms. The summed E-state index contributed by atoms with van der Waals surface area (Å²) in [5, 5.41) is 3.10. The van der Waals surface area contributed by atoms with Gasteiger partial charge in [0.2, 0.25) is 5.91 Å². The van der Waals surface area contributed by atoms with Crippen LogP contribution in [0.5, 0.6) is 5.75 Å². The lowest BCUT2D eigenvalue weighted by atomic mass is 9.48. The van der Waals surface area contributed by atoms with Crippen molar-refractivity contribution in [2.45, 2.75) is 56.2 Å². The van der Waals surface area contributed by atoms with Crippen molar-refractivity contribution >= 4 is 33.5 Å². The number of carbonyl (C=O) groups excluding carboxylic acids is 2. The molecule has 4 fully saturated rings. The Balaban J connectivity index is 1.38. The minimum absolute atomic E-state index is 0.101. The van der Waals surface area contributed by atoms with Gasteiger partial charge in [-0.15, -0.1) is 0 Å². The van der Waals surface area contributed by atoms with Gasteiger partial charge < -0.3 is 14.8 Å². The molecule has 4 bridgehead atoms. The van der Waals surface area contributed by atoms with Crippen LogP contribution in [0.3, 0.4) is 0 Å². The molecular weight excluding hydrogens is 422 g/mol. The van der Waals surface area contributed by atoms with Gasteiger partial charge >= 0.3 is 5.97 Å². The largest absolute Gasteiger partial charge is 0.482 e. The number of esters is 1. The number of ether oxygens (including phenoxy) is 2. The van der Waals surface area contributed by atoms with Crippen LogP contribution in [0.4, 0.5) is 5.69 Å².